The molecule has 5 heteroatoms. The van der Waals surface area contributed by atoms with Gasteiger partial charge in [-0.05, 0) is 24.1 Å². The fraction of sp³-hybridized carbons (Fsp3) is 0.333. The minimum Gasteiger partial charge on any atom is -0.338 e. The van der Waals surface area contributed by atoms with Crippen molar-refractivity contribution in [1.82, 2.24) is 10.1 Å². The van der Waals surface area contributed by atoms with Crippen LogP contribution in [0, 0.1) is 5.82 Å². The van der Waals surface area contributed by atoms with Gasteiger partial charge in [0.1, 0.15) is 5.82 Å². The molecule has 0 amide bonds. The van der Waals surface area contributed by atoms with Gasteiger partial charge >= 0.3 is 6.01 Å². The van der Waals surface area contributed by atoms with Gasteiger partial charge in [0.25, 0.3) is 0 Å². The Hall–Kier alpha value is -1.91. The third-order valence-electron chi connectivity index (χ3n) is 2.27. The monoisotopic (exact) mass is 235 g/mol. The van der Waals surface area contributed by atoms with Gasteiger partial charge in [0, 0.05) is 13.0 Å². The summed E-state index contributed by atoms with van der Waals surface area (Å²) in [4.78, 5) is 4.18. The highest BCUT2D eigenvalue weighted by Gasteiger charge is 2.06. The van der Waals surface area contributed by atoms with Crippen LogP contribution in [0.5, 0.6) is 0 Å². The van der Waals surface area contributed by atoms with E-state index in [0.717, 1.165) is 18.5 Å². The van der Waals surface area contributed by atoms with Crippen molar-refractivity contribution in [3.63, 3.8) is 0 Å². The summed E-state index contributed by atoms with van der Waals surface area (Å²) in [5.41, 5.74) is 0.953. The quantitative estimate of drug-likeness (QED) is 0.865. The first-order chi connectivity index (χ1) is 8.28. The van der Waals surface area contributed by atoms with Gasteiger partial charge in [0.05, 0.1) is 0 Å². The molecule has 1 heterocycles. The second-order valence-corrected chi connectivity index (χ2v) is 3.75. The van der Waals surface area contributed by atoms with Gasteiger partial charge in [-0.3, -0.25) is 0 Å². The molecule has 1 N–H and O–H groups in total. The normalized spacial score (nSPS) is 10.5. The average Bonchev–Trinajstić information content (AvgIpc) is 2.77. The van der Waals surface area contributed by atoms with Gasteiger partial charge in [-0.15, -0.1) is 0 Å². The molecule has 0 radical (unpaired) electrons. The Kier molecular flexibility index (Phi) is 3.69. The molecule has 0 saturated carbocycles. The predicted molar refractivity (Wildman–Crippen MR) is 62.3 cm³/mol. The van der Waals surface area contributed by atoms with Crippen LogP contribution >= 0.6 is 0 Å². The maximum Gasteiger partial charge on any atom is 0.321 e. The Morgan fingerprint density at radius 3 is 2.76 bits per heavy atom. The summed E-state index contributed by atoms with van der Waals surface area (Å²) >= 11 is 0. The summed E-state index contributed by atoms with van der Waals surface area (Å²) in [5, 5.41) is 6.85. The van der Waals surface area contributed by atoms with Crippen LogP contribution in [0.3, 0.4) is 0 Å². The topological polar surface area (TPSA) is 51.0 Å². The number of rotatable bonds is 5. The molecule has 0 bridgehead atoms. The van der Waals surface area contributed by atoms with Crippen molar-refractivity contribution >= 4 is 6.01 Å². The van der Waals surface area contributed by atoms with Crippen molar-refractivity contribution in [2.45, 2.75) is 19.8 Å². The number of hydrogen-bond donors (Lipinski definition) is 1. The van der Waals surface area contributed by atoms with Gasteiger partial charge in [-0.25, -0.2) is 4.39 Å². The lowest BCUT2D eigenvalue weighted by Gasteiger charge is -1.96. The molecule has 90 valence electrons. The minimum absolute atomic E-state index is 0.243. The van der Waals surface area contributed by atoms with Crippen LogP contribution in [-0.4, -0.2) is 16.7 Å². The van der Waals surface area contributed by atoms with Gasteiger partial charge < -0.3 is 9.84 Å². The SMILES string of the molecule is CCCNc1nc(Cc2ccc(F)cc2)no1. The van der Waals surface area contributed by atoms with Crippen LogP contribution in [0.15, 0.2) is 28.8 Å². The third kappa shape index (κ3) is 3.27. The van der Waals surface area contributed by atoms with Crippen molar-refractivity contribution in [3.8, 4) is 0 Å². The van der Waals surface area contributed by atoms with E-state index in [4.69, 9.17) is 4.52 Å². The number of nitrogens with one attached hydrogen (secondary N) is 1. The standard InChI is InChI=1S/C12H14FN3O/c1-2-7-14-12-15-11(16-17-12)8-9-3-5-10(13)6-4-9/h3-6H,2,7-8H2,1H3,(H,14,15,16). The molecule has 0 fully saturated rings. The Morgan fingerprint density at radius 1 is 1.29 bits per heavy atom. The van der Waals surface area contributed by atoms with E-state index in [1.165, 1.54) is 12.1 Å². The van der Waals surface area contributed by atoms with Crippen molar-refractivity contribution in [1.29, 1.82) is 0 Å². The van der Waals surface area contributed by atoms with Gasteiger partial charge in [-0.2, -0.15) is 4.98 Å². The lowest BCUT2D eigenvalue weighted by atomic mass is 10.1. The van der Waals surface area contributed by atoms with Crippen LogP contribution in [0.1, 0.15) is 24.7 Å². The number of halogens is 1. The van der Waals surface area contributed by atoms with Crippen molar-refractivity contribution in [2.24, 2.45) is 0 Å². The van der Waals surface area contributed by atoms with Crippen LogP contribution < -0.4 is 5.32 Å². The van der Waals surface area contributed by atoms with E-state index < -0.39 is 0 Å². The molecule has 0 aliphatic heterocycles. The van der Waals surface area contributed by atoms with Gasteiger partial charge in [-0.1, -0.05) is 24.2 Å². The highest BCUT2D eigenvalue weighted by atomic mass is 19.1. The molecule has 17 heavy (non-hydrogen) atoms. The van der Waals surface area contributed by atoms with Gasteiger partial charge in [0.15, 0.2) is 5.82 Å². The maximum atomic E-state index is 12.7. The number of anilines is 1. The summed E-state index contributed by atoms with van der Waals surface area (Å²) in [6.07, 6.45) is 1.53. The van der Waals surface area contributed by atoms with E-state index in [9.17, 15) is 4.39 Å². The smallest absolute Gasteiger partial charge is 0.321 e. The number of aromatic nitrogens is 2. The molecule has 0 aliphatic carbocycles. The zero-order chi connectivity index (χ0) is 12.1. The first kappa shape index (κ1) is 11.6. The predicted octanol–water partition coefficient (Wildman–Crippen LogP) is 2.62. The van der Waals surface area contributed by atoms with Crippen LogP contribution in [0.4, 0.5) is 10.4 Å². The first-order valence-electron chi connectivity index (χ1n) is 5.59. The fourth-order valence-electron chi connectivity index (χ4n) is 1.41. The summed E-state index contributed by atoms with van der Waals surface area (Å²) in [6, 6.07) is 6.71. The minimum atomic E-state index is -0.243. The highest BCUT2D eigenvalue weighted by molar-refractivity contribution is 5.23. The van der Waals surface area contributed by atoms with E-state index in [1.54, 1.807) is 12.1 Å². The largest absolute Gasteiger partial charge is 0.338 e. The summed E-state index contributed by atoms with van der Waals surface area (Å²) in [5.74, 6) is 0.349. The zero-order valence-corrected chi connectivity index (χ0v) is 9.61. The fourth-order valence-corrected chi connectivity index (χ4v) is 1.41. The van der Waals surface area contributed by atoms with E-state index >= 15 is 0 Å². The first-order valence-corrected chi connectivity index (χ1v) is 5.59. The van der Waals surface area contributed by atoms with E-state index in [-0.39, 0.29) is 5.82 Å². The number of benzene rings is 1. The Morgan fingerprint density at radius 2 is 2.06 bits per heavy atom. The molecule has 2 rings (SSSR count). The molecule has 1 aromatic carbocycles. The summed E-state index contributed by atoms with van der Waals surface area (Å²) in [7, 11) is 0. The van der Waals surface area contributed by atoms with Crippen molar-refractivity contribution < 1.29 is 8.91 Å². The molecule has 0 unspecified atom stereocenters. The molecule has 2 aromatic rings. The number of hydrogen-bond acceptors (Lipinski definition) is 4. The molecular formula is C12H14FN3O. The summed E-state index contributed by atoms with van der Waals surface area (Å²) in [6.45, 7) is 2.86. The Balaban J connectivity index is 1.98. The number of nitrogens with zero attached hydrogens (tertiary/aromatic N) is 2. The highest BCUT2D eigenvalue weighted by Crippen LogP contribution is 2.10. The molecule has 0 atom stereocenters. The molecule has 0 saturated heterocycles. The second-order valence-electron chi connectivity index (χ2n) is 3.75. The molecule has 0 aliphatic rings. The molecule has 1 aromatic heterocycles. The van der Waals surface area contributed by atoms with E-state index in [1.807, 2.05) is 0 Å². The van der Waals surface area contributed by atoms with Crippen LogP contribution in [0.2, 0.25) is 0 Å². The van der Waals surface area contributed by atoms with Crippen molar-refractivity contribution in [2.75, 3.05) is 11.9 Å². The summed E-state index contributed by atoms with van der Waals surface area (Å²) < 4.78 is 17.7. The second kappa shape index (κ2) is 5.43. The lowest BCUT2D eigenvalue weighted by Crippen LogP contribution is -1.99. The van der Waals surface area contributed by atoms with Crippen LogP contribution in [0.25, 0.3) is 0 Å². The molecule has 4 nitrogen and oxygen atoms in total. The Bertz CT molecular complexity index is 467. The van der Waals surface area contributed by atoms with Crippen LogP contribution in [-0.2, 0) is 6.42 Å². The van der Waals surface area contributed by atoms with Gasteiger partial charge in [0.2, 0.25) is 0 Å². The maximum absolute atomic E-state index is 12.7. The van der Waals surface area contributed by atoms with E-state index in [0.29, 0.717) is 18.3 Å². The Labute approximate surface area is 98.8 Å². The third-order valence-corrected chi connectivity index (χ3v) is 2.27. The molecule has 0 spiro atoms. The average molecular weight is 235 g/mol. The molecular weight excluding hydrogens is 221 g/mol. The van der Waals surface area contributed by atoms with E-state index in [2.05, 4.69) is 22.4 Å². The lowest BCUT2D eigenvalue weighted by molar-refractivity contribution is 0.423. The van der Waals surface area contributed by atoms with Crippen molar-refractivity contribution in [3.05, 3.63) is 41.5 Å². The zero-order valence-electron chi connectivity index (χ0n) is 9.61.